The van der Waals surface area contributed by atoms with Gasteiger partial charge < -0.3 is 20.1 Å². The van der Waals surface area contributed by atoms with Gasteiger partial charge in [-0.25, -0.2) is 9.78 Å². The molecule has 2 heterocycles. The molecule has 0 spiro atoms. The van der Waals surface area contributed by atoms with Crippen molar-refractivity contribution in [1.29, 1.82) is 0 Å². The van der Waals surface area contributed by atoms with Gasteiger partial charge in [0.1, 0.15) is 18.2 Å². The number of hydrogen-bond acceptors (Lipinski definition) is 7. The maximum Gasteiger partial charge on any atom is 0.490 e. The zero-order valence-electron chi connectivity index (χ0n) is 11.8. The van der Waals surface area contributed by atoms with Gasteiger partial charge in [-0.2, -0.15) is 18.2 Å². The highest BCUT2D eigenvalue weighted by atomic mass is 35.5. The van der Waals surface area contributed by atoms with Crippen LogP contribution in [0.3, 0.4) is 0 Å². The summed E-state index contributed by atoms with van der Waals surface area (Å²) in [5.41, 5.74) is 0. The molecule has 1 atom stereocenters. The SMILES string of the molecule is O=C(OCCOc1nc(N[C@@H]2CCNC2)ncc1Cl)C(F)(F)F. The van der Waals surface area contributed by atoms with Crippen LogP contribution < -0.4 is 15.4 Å². The summed E-state index contributed by atoms with van der Waals surface area (Å²) in [6.45, 7) is 0.770. The van der Waals surface area contributed by atoms with E-state index in [1.165, 1.54) is 6.20 Å². The van der Waals surface area contributed by atoms with Crippen molar-refractivity contribution >= 4 is 23.5 Å². The van der Waals surface area contributed by atoms with Crippen LogP contribution in [0.1, 0.15) is 6.42 Å². The number of carbonyl (C=O) groups is 1. The first-order valence-corrected chi connectivity index (χ1v) is 7.10. The van der Waals surface area contributed by atoms with E-state index in [0.717, 1.165) is 19.5 Å². The van der Waals surface area contributed by atoms with E-state index in [1.54, 1.807) is 0 Å². The molecule has 1 aliphatic heterocycles. The van der Waals surface area contributed by atoms with Crippen molar-refractivity contribution in [3.63, 3.8) is 0 Å². The van der Waals surface area contributed by atoms with E-state index >= 15 is 0 Å². The summed E-state index contributed by atoms with van der Waals surface area (Å²) in [4.78, 5) is 18.5. The number of rotatable bonds is 6. The van der Waals surface area contributed by atoms with E-state index in [1.807, 2.05) is 0 Å². The van der Waals surface area contributed by atoms with Crippen LogP contribution >= 0.6 is 11.6 Å². The van der Waals surface area contributed by atoms with Gasteiger partial charge in [0.2, 0.25) is 11.8 Å². The first-order valence-electron chi connectivity index (χ1n) is 6.73. The smallest absolute Gasteiger partial charge is 0.473 e. The Morgan fingerprint density at radius 1 is 1.48 bits per heavy atom. The number of nitrogens with one attached hydrogen (secondary N) is 2. The number of esters is 1. The van der Waals surface area contributed by atoms with Gasteiger partial charge in [-0.15, -0.1) is 0 Å². The van der Waals surface area contributed by atoms with Crippen molar-refractivity contribution in [3.8, 4) is 5.88 Å². The largest absolute Gasteiger partial charge is 0.490 e. The highest BCUT2D eigenvalue weighted by molar-refractivity contribution is 6.31. The fourth-order valence-corrected chi connectivity index (χ4v) is 1.98. The number of hydrogen-bond donors (Lipinski definition) is 2. The second kappa shape index (κ2) is 7.64. The van der Waals surface area contributed by atoms with Gasteiger partial charge in [-0.05, 0) is 13.0 Å². The van der Waals surface area contributed by atoms with Gasteiger partial charge >= 0.3 is 12.1 Å². The molecule has 2 N–H and O–H groups in total. The molecule has 2 rings (SSSR count). The lowest BCUT2D eigenvalue weighted by Gasteiger charge is -2.13. The third-order valence-corrected chi connectivity index (χ3v) is 3.15. The summed E-state index contributed by atoms with van der Waals surface area (Å²) in [6.07, 6.45) is -2.80. The third kappa shape index (κ3) is 5.39. The van der Waals surface area contributed by atoms with E-state index in [2.05, 4.69) is 25.3 Å². The van der Waals surface area contributed by atoms with Gasteiger partial charge in [0.15, 0.2) is 0 Å². The monoisotopic (exact) mass is 354 g/mol. The van der Waals surface area contributed by atoms with Crippen LogP contribution in [0.4, 0.5) is 19.1 Å². The molecule has 0 saturated carbocycles. The Bertz CT molecular complexity index is 553. The van der Waals surface area contributed by atoms with Crippen molar-refractivity contribution in [3.05, 3.63) is 11.2 Å². The Morgan fingerprint density at radius 3 is 2.91 bits per heavy atom. The Kier molecular flexibility index (Phi) is 5.83. The molecule has 7 nitrogen and oxygen atoms in total. The molecule has 0 bridgehead atoms. The molecular formula is C12H14ClF3N4O3. The van der Waals surface area contributed by atoms with E-state index < -0.39 is 18.8 Å². The molecular weight excluding hydrogens is 341 g/mol. The molecule has 1 aliphatic rings. The predicted molar refractivity (Wildman–Crippen MR) is 74.4 cm³/mol. The Labute approximate surface area is 134 Å². The summed E-state index contributed by atoms with van der Waals surface area (Å²) in [6, 6.07) is 0.178. The topological polar surface area (TPSA) is 85.4 Å². The minimum atomic E-state index is -5.03. The van der Waals surface area contributed by atoms with E-state index in [0.29, 0.717) is 5.95 Å². The average Bonchev–Trinajstić information content (AvgIpc) is 2.98. The molecule has 1 aromatic rings. The summed E-state index contributed by atoms with van der Waals surface area (Å²) in [7, 11) is 0. The summed E-state index contributed by atoms with van der Waals surface area (Å²) in [5.74, 6) is -1.98. The first kappa shape index (κ1) is 17.5. The fraction of sp³-hybridized carbons (Fsp3) is 0.583. The molecule has 1 saturated heterocycles. The zero-order chi connectivity index (χ0) is 16.9. The first-order chi connectivity index (χ1) is 10.9. The van der Waals surface area contributed by atoms with Crippen LogP contribution in [0.5, 0.6) is 5.88 Å². The Morgan fingerprint density at radius 2 is 2.26 bits per heavy atom. The summed E-state index contributed by atoms with van der Waals surface area (Å²) < 4.78 is 44.9. The lowest BCUT2D eigenvalue weighted by atomic mass is 10.3. The molecule has 128 valence electrons. The zero-order valence-corrected chi connectivity index (χ0v) is 12.6. The molecule has 0 unspecified atom stereocenters. The molecule has 11 heteroatoms. The van der Waals surface area contributed by atoms with Crippen LogP contribution in [-0.2, 0) is 9.53 Å². The van der Waals surface area contributed by atoms with Crippen LogP contribution in [0.2, 0.25) is 5.02 Å². The molecule has 1 fully saturated rings. The van der Waals surface area contributed by atoms with Crippen LogP contribution in [0.25, 0.3) is 0 Å². The highest BCUT2D eigenvalue weighted by Crippen LogP contribution is 2.22. The Hall–Kier alpha value is -1.81. The van der Waals surface area contributed by atoms with Crippen molar-refractivity contribution in [2.75, 3.05) is 31.6 Å². The minimum Gasteiger partial charge on any atom is -0.473 e. The molecule has 0 aliphatic carbocycles. The van der Waals surface area contributed by atoms with Gasteiger partial charge in [-0.3, -0.25) is 0 Å². The number of carbonyl (C=O) groups excluding carboxylic acids is 1. The second-order valence-electron chi connectivity index (χ2n) is 4.66. The minimum absolute atomic E-state index is 0.00168. The number of nitrogens with zero attached hydrogens (tertiary/aromatic N) is 2. The average molecular weight is 355 g/mol. The number of alkyl halides is 3. The molecule has 1 aromatic heterocycles. The number of halogens is 4. The number of ether oxygens (including phenoxy) is 2. The highest BCUT2D eigenvalue weighted by Gasteiger charge is 2.40. The van der Waals surface area contributed by atoms with Crippen molar-refractivity contribution in [1.82, 2.24) is 15.3 Å². The third-order valence-electron chi connectivity index (χ3n) is 2.89. The van der Waals surface area contributed by atoms with E-state index in [9.17, 15) is 18.0 Å². The van der Waals surface area contributed by atoms with Crippen LogP contribution in [0.15, 0.2) is 6.20 Å². The standard InChI is InChI=1S/C12H14ClF3N4O3/c13-8-6-18-11(19-7-1-2-17-5-7)20-9(8)22-3-4-23-10(21)12(14,15)16/h6-7,17H,1-5H2,(H,18,19,20)/t7-/m1/s1. The van der Waals surface area contributed by atoms with E-state index in [4.69, 9.17) is 16.3 Å². The van der Waals surface area contributed by atoms with Crippen molar-refractivity contribution < 1.29 is 27.4 Å². The lowest BCUT2D eigenvalue weighted by Crippen LogP contribution is -2.27. The molecule has 0 amide bonds. The lowest BCUT2D eigenvalue weighted by molar-refractivity contribution is -0.200. The normalized spacial score (nSPS) is 17.8. The van der Waals surface area contributed by atoms with Gasteiger partial charge in [0.25, 0.3) is 0 Å². The van der Waals surface area contributed by atoms with Crippen molar-refractivity contribution in [2.24, 2.45) is 0 Å². The quantitative estimate of drug-likeness (QED) is 0.589. The number of aromatic nitrogens is 2. The van der Waals surface area contributed by atoms with Crippen LogP contribution in [0, 0.1) is 0 Å². The van der Waals surface area contributed by atoms with Gasteiger partial charge in [0.05, 0.1) is 6.20 Å². The number of anilines is 1. The second-order valence-corrected chi connectivity index (χ2v) is 5.07. The molecule has 0 aromatic carbocycles. The summed E-state index contributed by atoms with van der Waals surface area (Å²) in [5, 5.41) is 6.35. The maximum atomic E-state index is 11.9. The molecule has 0 radical (unpaired) electrons. The van der Waals surface area contributed by atoms with Gasteiger partial charge in [0, 0.05) is 12.6 Å². The van der Waals surface area contributed by atoms with Crippen molar-refractivity contribution in [2.45, 2.75) is 18.6 Å². The van der Waals surface area contributed by atoms with E-state index in [-0.39, 0.29) is 23.6 Å². The Balaban J connectivity index is 1.83. The fourth-order valence-electron chi connectivity index (χ4n) is 1.84. The summed E-state index contributed by atoms with van der Waals surface area (Å²) >= 11 is 5.85. The van der Waals surface area contributed by atoms with Gasteiger partial charge in [-0.1, -0.05) is 11.6 Å². The molecule has 23 heavy (non-hydrogen) atoms. The predicted octanol–water partition coefficient (Wildman–Crippen LogP) is 1.39. The maximum absolute atomic E-state index is 11.9. The van der Waals surface area contributed by atoms with Crippen LogP contribution in [-0.4, -0.2) is 54.5 Å².